The lowest BCUT2D eigenvalue weighted by Gasteiger charge is -2.18. The maximum absolute atomic E-state index is 9.19. The van der Waals surface area contributed by atoms with E-state index < -0.39 is 84.1 Å². The number of rotatable bonds is 3. The lowest BCUT2D eigenvalue weighted by atomic mass is 9.85. The molecular weight excluding hydrogens is 520 g/mol. The van der Waals surface area contributed by atoms with Crippen LogP contribution in [0, 0.1) is 0 Å². The molecule has 1 heteroatoms. The van der Waals surface area contributed by atoms with E-state index in [4.69, 9.17) is 19.5 Å². The number of benzene rings is 8. The Morgan fingerprint density at radius 1 is 0.372 bits per heavy atom. The second kappa shape index (κ2) is 9.44. The summed E-state index contributed by atoms with van der Waals surface area (Å²) in [5.41, 5.74) is 3.10. The first-order valence-corrected chi connectivity index (χ1v) is 13.7. The fourth-order valence-electron chi connectivity index (χ4n) is 6.02. The van der Waals surface area contributed by atoms with E-state index in [-0.39, 0.29) is 32.7 Å². The van der Waals surface area contributed by atoms with Crippen LogP contribution in [0.5, 0.6) is 0 Å². The molecule has 0 atom stereocenters. The Morgan fingerprint density at radius 3 is 1.58 bits per heavy atom. The van der Waals surface area contributed by atoms with E-state index in [0.29, 0.717) is 5.56 Å². The minimum atomic E-state index is -0.709. The van der Waals surface area contributed by atoms with Crippen LogP contribution in [0.3, 0.4) is 0 Å². The Hall–Kier alpha value is -5.66. The molecule has 0 aliphatic rings. The normalized spacial score (nSPS) is 16.0. The van der Waals surface area contributed by atoms with Gasteiger partial charge in [0.25, 0.3) is 0 Å². The summed E-state index contributed by atoms with van der Waals surface area (Å²) in [5, 5.41) is 2.87. The second-order valence-electron chi connectivity index (χ2n) is 10.3. The van der Waals surface area contributed by atoms with Crippen molar-refractivity contribution in [3.05, 3.63) is 157 Å². The van der Waals surface area contributed by atoms with Crippen molar-refractivity contribution in [3.8, 4) is 33.4 Å². The molecule has 9 rings (SSSR count). The lowest BCUT2D eigenvalue weighted by molar-refractivity contribution is 0.669. The van der Waals surface area contributed by atoms with E-state index in [1.54, 1.807) is 12.1 Å². The van der Waals surface area contributed by atoms with E-state index in [9.17, 15) is 2.74 Å². The molecule has 0 bridgehead atoms. The van der Waals surface area contributed by atoms with Crippen molar-refractivity contribution in [1.82, 2.24) is 0 Å². The molecule has 1 heterocycles. The first-order valence-electron chi connectivity index (χ1n) is 20.2. The monoisotopic (exact) mass is 559 g/mol. The number of hydrogen-bond donors (Lipinski definition) is 0. The van der Waals surface area contributed by atoms with Crippen LogP contribution in [-0.4, -0.2) is 0 Å². The zero-order chi connectivity index (χ0) is 39.6. The second-order valence-corrected chi connectivity index (χ2v) is 10.3. The van der Waals surface area contributed by atoms with Crippen molar-refractivity contribution in [2.24, 2.45) is 0 Å². The minimum absolute atomic E-state index is 0.0893. The molecule has 1 aromatic heterocycles. The molecule has 1 nitrogen and oxygen atoms in total. The fourth-order valence-corrected chi connectivity index (χ4v) is 6.02. The predicted molar refractivity (Wildman–Crippen MR) is 183 cm³/mol. The van der Waals surface area contributed by atoms with Crippen molar-refractivity contribution in [2.75, 3.05) is 0 Å². The highest BCUT2D eigenvalue weighted by Crippen LogP contribution is 2.44. The van der Waals surface area contributed by atoms with E-state index in [0.717, 1.165) is 43.8 Å². The quantitative estimate of drug-likeness (QED) is 0.196. The fraction of sp³-hybridized carbons (Fsp3) is 0. The number of furan rings is 1. The summed E-state index contributed by atoms with van der Waals surface area (Å²) in [6, 6.07) is 16.8. The smallest absolute Gasteiger partial charge is 0.136 e. The van der Waals surface area contributed by atoms with Crippen molar-refractivity contribution in [1.29, 1.82) is 0 Å². The van der Waals surface area contributed by atoms with Gasteiger partial charge in [0.2, 0.25) is 0 Å². The van der Waals surface area contributed by atoms with Crippen LogP contribution < -0.4 is 0 Å². The molecule has 8 aromatic carbocycles. The van der Waals surface area contributed by atoms with Gasteiger partial charge in [0.05, 0.1) is 17.8 Å². The molecule has 0 aliphatic carbocycles. The summed E-state index contributed by atoms with van der Waals surface area (Å²) in [4.78, 5) is 0. The third-order valence-electron chi connectivity index (χ3n) is 7.97. The van der Waals surface area contributed by atoms with Crippen LogP contribution in [0.25, 0.3) is 87.6 Å². The third kappa shape index (κ3) is 3.79. The minimum Gasteiger partial charge on any atom is -0.456 e. The van der Waals surface area contributed by atoms with E-state index in [2.05, 4.69) is 0 Å². The summed E-state index contributed by atoms with van der Waals surface area (Å²) in [7, 11) is 0. The van der Waals surface area contributed by atoms with Gasteiger partial charge < -0.3 is 4.42 Å². The first-order chi connectivity index (χ1) is 26.7. The Kier molecular flexibility index (Phi) is 3.18. The standard InChI is InChI=1S/C42H26O/c1-2-10-27(11-3-1)41-35-13-4-6-15-37(35)42(38-16-7-5-14-36(38)41)32-21-20-28-24-29(18-19-30(28)25-32)31-22-23-34-33-12-8-9-17-39(33)43-40(34)26-31/h1-26H/i1D,2D,3D,4D,5D,6D,7D,10D,11D,13D,14D,15D,16D. The van der Waals surface area contributed by atoms with E-state index in [1.165, 1.54) is 0 Å². The molecule has 0 spiro atoms. The zero-order valence-electron chi connectivity index (χ0n) is 35.4. The Labute approximate surface area is 267 Å². The number of hydrogen-bond acceptors (Lipinski definition) is 1. The summed E-state index contributed by atoms with van der Waals surface area (Å²) < 4.78 is 120. The molecule has 0 unspecified atom stereocenters. The van der Waals surface area contributed by atoms with Crippen LogP contribution in [-0.2, 0) is 0 Å². The van der Waals surface area contributed by atoms with Gasteiger partial charge in [-0.25, -0.2) is 0 Å². The van der Waals surface area contributed by atoms with Crippen LogP contribution in [0.1, 0.15) is 17.8 Å². The molecule has 0 saturated heterocycles. The largest absolute Gasteiger partial charge is 0.456 e. The van der Waals surface area contributed by atoms with Crippen LogP contribution in [0.15, 0.2) is 162 Å². The molecule has 0 saturated carbocycles. The van der Waals surface area contributed by atoms with Gasteiger partial charge in [-0.3, -0.25) is 0 Å². The van der Waals surface area contributed by atoms with Gasteiger partial charge in [-0.2, -0.15) is 0 Å². The average Bonchev–Trinajstić information content (AvgIpc) is 3.59. The lowest BCUT2D eigenvalue weighted by Crippen LogP contribution is -1.90. The molecule has 0 amide bonds. The van der Waals surface area contributed by atoms with Gasteiger partial charge in [0, 0.05) is 10.8 Å². The molecular formula is C42H26O. The van der Waals surface area contributed by atoms with Crippen molar-refractivity contribution >= 4 is 54.3 Å². The topological polar surface area (TPSA) is 13.1 Å². The average molecular weight is 560 g/mol. The molecule has 200 valence electrons. The van der Waals surface area contributed by atoms with Crippen LogP contribution in [0.2, 0.25) is 0 Å². The molecule has 0 radical (unpaired) electrons. The van der Waals surface area contributed by atoms with Crippen molar-refractivity contribution in [2.45, 2.75) is 0 Å². The number of fused-ring (bicyclic) bond motifs is 6. The molecule has 0 aliphatic heterocycles. The summed E-state index contributed by atoms with van der Waals surface area (Å²) >= 11 is 0. The molecule has 0 fully saturated rings. The summed E-state index contributed by atoms with van der Waals surface area (Å²) in [5.74, 6) is 0. The van der Waals surface area contributed by atoms with Gasteiger partial charge >= 0.3 is 0 Å². The van der Waals surface area contributed by atoms with Crippen LogP contribution in [0.4, 0.5) is 0 Å². The van der Waals surface area contributed by atoms with Gasteiger partial charge in [0.15, 0.2) is 0 Å². The van der Waals surface area contributed by atoms with Crippen molar-refractivity contribution < 1.29 is 22.2 Å². The SMILES string of the molecule is [2H]c1c([2H])c([2H])c(-c2c3c([2H])c([2H])c([2H])c([2H])c3c(-c3ccc4cc(-c5ccc6c(c5)oc5ccccc56)ccc4c3)c3c([2H])c([2H])c([2H])c([2H])c23)c([2H])c1[2H]. The van der Waals surface area contributed by atoms with Gasteiger partial charge in [-0.15, -0.1) is 0 Å². The Bertz CT molecular complexity index is 3130. The van der Waals surface area contributed by atoms with Gasteiger partial charge in [-0.1, -0.05) is 127 Å². The van der Waals surface area contributed by atoms with Gasteiger partial charge in [0.1, 0.15) is 11.2 Å². The third-order valence-corrected chi connectivity index (χ3v) is 7.97. The van der Waals surface area contributed by atoms with Crippen LogP contribution >= 0.6 is 0 Å². The molecule has 43 heavy (non-hydrogen) atoms. The maximum Gasteiger partial charge on any atom is 0.136 e. The highest BCUT2D eigenvalue weighted by molar-refractivity contribution is 6.21. The van der Waals surface area contributed by atoms with Gasteiger partial charge in [-0.05, 0) is 96.0 Å². The van der Waals surface area contributed by atoms with Crippen molar-refractivity contribution in [3.63, 3.8) is 0 Å². The highest BCUT2D eigenvalue weighted by atomic mass is 16.3. The van der Waals surface area contributed by atoms with E-state index in [1.807, 2.05) is 66.7 Å². The predicted octanol–water partition coefficient (Wildman–Crippen LogP) is 12.0. The molecule has 9 aromatic rings. The summed E-state index contributed by atoms with van der Waals surface area (Å²) in [6.07, 6.45) is 0. The van der Waals surface area contributed by atoms with E-state index >= 15 is 0 Å². The zero-order valence-corrected chi connectivity index (χ0v) is 22.4. The Balaban J connectivity index is 1.37. The first kappa shape index (κ1) is 14.5. The maximum atomic E-state index is 9.19. The molecule has 0 N–H and O–H groups in total. The Morgan fingerprint density at radius 2 is 0.884 bits per heavy atom. The summed E-state index contributed by atoms with van der Waals surface area (Å²) in [6.45, 7) is 0. The highest BCUT2D eigenvalue weighted by Gasteiger charge is 2.16. The number of para-hydroxylation sites is 1.